The zero-order valence-electron chi connectivity index (χ0n) is 8.72. The molecule has 1 fully saturated rings. The fraction of sp³-hybridized carbons (Fsp3) is 0.500. The Morgan fingerprint density at radius 2 is 2.00 bits per heavy atom. The van der Waals surface area contributed by atoms with Crippen LogP contribution in [0, 0.1) is 12.7 Å². The summed E-state index contributed by atoms with van der Waals surface area (Å²) in [6.07, 6.45) is 4.66. The molecule has 0 aromatic heterocycles. The summed E-state index contributed by atoms with van der Waals surface area (Å²) in [4.78, 5) is 0. The van der Waals surface area contributed by atoms with E-state index in [1.807, 2.05) is 13.0 Å². The molecule has 0 aliphatic heterocycles. The molecule has 0 radical (unpaired) electrons. The van der Waals surface area contributed by atoms with Gasteiger partial charge >= 0.3 is 0 Å². The van der Waals surface area contributed by atoms with Crippen LogP contribution < -0.4 is 4.74 Å². The topological polar surface area (TPSA) is 9.23 Å². The largest absolute Gasteiger partial charge is 0.486 e. The third kappa shape index (κ3) is 2.51. The second-order valence-electron chi connectivity index (χ2n) is 4.08. The maximum Gasteiger partial charge on any atom is 0.169 e. The van der Waals surface area contributed by atoms with Crippen molar-refractivity contribution < 1.29 is 9.13 Å². The van der Waals surface area contributed by atoms with Gasteiger partial charge in [-0.15, -0.1) is 0 Å². The van der Waals surface area contributed by atoms with Gasteiger partial charge in [-0.2, -0.15) is 0 Å². The molecule has 0 bridgehead atoms. The molecule has 0 amide bonds. The highest BCUT2D eigenvalue weighted by Crippen LogP contribution is 2.33. The molecule has 0 unspecified atom stereocenters. The van der Waals surface area contributed by atoms with Gasteiger partial charge in [0.05, 0.1) is 10.6 Å². The predicted molar refractivity (Wildman–Crippen MR) is 61.7 cm³/mol. The maximum absolute atomic E-state index is 13.6. The number of ether oxygens (including phenoxy) is 1. The second-order valence-corrected chi connectivity index (χ2v) is 4.94. The van der Waals surface area contributed by atoms with Crippen LogP contribution in [0.4, 0.5) is 4.39 Å². The van der Waals surface area contributed by atoms with Crippen LogP contribution in [-0.4, -0.2) is 6.10 Å². The van der Waals surface area contributed by atoms with E-state index in [2.05, 4.69) is 15.9 Å². The van der Waals surface area contributed by atoms with Crippen molar-refractivity contribution in [3.05, 3.63) is 28.0 Å². The molecular weight excluding hydrogens is 259 g/mol. The fourth-order valence-corrected chi connectivity index (χ4v) is 2.62. The summed E-state index contributed by atoms with van der Waals surface area (Å²) >= 11 is 3.34. The minimum absolute atomic E-state index is 0.193. The van der Waals surface area contributed by atoms with Crippen molar-refractivity contribution in [2.45, 2.75) is 38.7 Å². The number of hydrogen-bond donors (Lipinski definition) is 0. The Bertz CT molecular complexity index is 336. The highest BCUT2D eigenvalue weighted by atomic mass is 79.9. The van der Waals surface area contributed by atoms with E-state index in [0.29, 0.717) is 10.2 Å². The lowest BCUT2D eigenvalue weighted by molar-refractivity contribution is 0.199. The summed E-state index contributed by atoms with van der Waals surface area (Å²) in [5.41, 5.74) is 0.901. The number of hydrogen-bond acceptors (Lipinski definition) is 1. The van der Waals surface area contributed by atoms with Crippen LogP contribution >= 0.6 is 15.9 Å². The molecule has 1 aliphatic carbocycles. The van der Waals surface area contributed by atoms with Crippen molar-refractivity contribution in [3.8, 4) is 5.75 Å². The summed E-state index contributed by atoms with van der Waals surface area (Å²) in [6.45, 7) is 1.87. The molecule has 0 heterocycles. The van der Waals surface area contributed by atoms with Gasteiger partial charge in [0.2, 0.25) is 0 Å². The summed E-state index contributed by atoms with van der Waals surface area (Å²) in [5, 5.41) is 0. The lowest BCUT2D eigenvalue weighted by Gasteiger charge is -2.15. The molecule has 3 heteroatoms. The molecule has 0 atom stereocenters. The van der Waals surface area contributed by atoms with Crippen molar-refractivity contribution >= 4 is 15.9 Å². The van der Waals surface area contributed by atoms with Crippen molar-refractivity contribution in [2.75, 3.05) is 0 Å². The van der Waals surface area contributed by atoms with E-state index in [1.54, 1.807) is 0 Å². The van der Waals surface area contributed by atoms with E-state index in [1.165, 1.54) is 18.9 Å². The van der Waals surface area contributed by atoms with Gasteiger partial charge in [-0.25, -0.2) is 4.39 Å². The lowest BCUT2D eigenvalue weighted by atomic mass is 10.2. The molecule has 1 aliphatic rings. The quantitative estimate of drug-likeness (QED) is 0.784. The predicted octanol–water partition coefficient (Wildman–Crippen LogP) is 4.22. The van der Waals surface area contributed by atoms with E-state index >= 15 is 0 Å². The van der Waals surface area contributed by atoms with Gasteiger partial charge in [0.25, 0.3) is 0 Å². The van der Waals surface area contributed by atoms with Crippen molar-refractivity contribution in [1.82, 2.24) is 0 Å². The molecule has 0 saturated heterocycles. The molecule has 1 saturated carbocycles. The SMILES string of the molecule is Cc1cc(F)c(OC2CCCC2)c(Br)c1. The van der Waals surface area contributed by atoms with E-state index in [0.717, 1.165) is 18.4 Å². The Morgan fingerprint density at radius 1 is 1.33 bits per heavy atom. The number of benzene rings is 1. The standard InChI is InChI=1S/C12H14BrFO/c1-8-6-10(13)12(11(14)7-8)15-9-4-2-3-5-9/h6-7,9H,2-5H2,1H3. The van der Waals surface area contributed by atoms with Crippen LogP contribution in [0.1, 0.15) is 31.2 Å². The molecule has 82 valence electrons. The fourth-order valence-electron chi connectivity index (χ4n) is 1.97. The van der Waals surface area contributed by atoms with Crippen molar-refractivity contribution in [3.63, 3.8) is 0 Å². The molecule has 0 N–H and O–H groups in total. The lowest BCUT2D eigenvalue weighted by Crippen LogP contribution is -2.12. The maximum atomic E-state index is 13.6. The third-order valence-electron chi connectivity index (χ3n) is 2.73. The van der Waals surface area contributed by atoms with E-state index < -0.39 is 0 Å². The van der Waals surface area contributed by atoms with E-state index in [4.69, 9.17) is 4.74 Å². The van der Waals surface area contributed by atoms with E-state index in [-0.39, 0.29) is 11.9 Å². The molecule has 15 heavy (non-hydrogen) atoms. The Labute approximate surface area is 97.8 Å². The summed E-state index contributed by atoms with van der Waals surface area (Å²) in [6, 6.07) is 3.39. The average Bonchev–Trinajstić information content (AvgIpc) is 2.63. The second kappa shape index (κ2) is 4.52. The Hall–Kier alpha value is -0.570. The monoisotopic (exact) mass is 272 g/mol. The van der Waals surface area contributed by atoms with Crippen molar-refractivity contribution in [2.24, 2.45) is 0 Å². The summed E-state index contributed by atoms with van der Waals surface area (Å²) in [7, 11) is 0. The van der Waals surface area contributed by atoms with Gasteiger partial charge in [0.15, 0.2) is 11.6 Å². The van der Waals surface area contributed by atoms with Crippen LogP contribution in [0.3, 0.4) is 0 Å². The van der Waals surface area contributed by atoms with Crippen LogP contribution in [0.5, 0.6) is 5.75 Å². The minimum Gasteiger partial charge on any atom is -0.486 e. The van der Waals surface area contributed by atoms with E-state index in [9.17, 15) is 4.39 Å². The average molecular weight is 273 g/mol. The smallest absolute Gasteiger partial charge is 0.169 e. The molecular formula is C12H14BrFO. The number of aryl methyl sites for hydroxylation is 1. The summed E-state index contributed by atoms with van der Waals surface area (Å²) < 4.78 is 20.0. The van der Waals surface area contributed by atoms with Gasteiger partial charge < -0.3 is 4.74 Å². The van der Waals surface area contributed by atoms with Gasteiger partial charge in [-0.05, 0) is 66.2 Å². The first-order valence-corrected chi connectivity index (χ1v) is 6.08. The molecule has 0 spiro atoms. The third-order valence-corrected chi connectivity index (χ3v) is 3.32. The number of rotatable bonds is 2. The van der Waals surface area contributed by atoms with Gasteiger partial charge in [-0.1, -0.05) is 0 Å². The first kappa shape index (κ1) is 10.9. The molecule has 1 nitrogen and oxygen atoms in total. The molecule has 2 rings (SSSR count). The Kier molecular flexibility index (Phi) is 3.29. The zero-order valence-corrected chi connectivity index (χ0v) is 10.3. The van der Waals surface area contributed by atoms with Gasteiger partial charge in [0.1, 0.15) is 0 Å². The first-order chi connectivity index (χ1) is 7.16. The first-order valence-electron chi connectivity index (χ1n) is 5.29. The van der Waals surface area contributed by atoms with Crippen molar-refractivity contribution in [1.29, 1.82) is 0 Å². The molecule has 1 aromatic rings. The van der Waals surface area contributed by atoms with Crippen LogP contribution in [-0.2, 0) is 0 Å². The van der Waals surface area contributed by atoms with Crippen LogP contribution in [0.2, 0.25) is 0 Å². The van der Waals surface area contributed by atoms with Crippen LogP contribution in [0.15, 0.2) is 16.6 Å². The normalized spacial score (nSPS) is 17.0. The van der Waals surface area contributed by atoms with Gasteiger partial charge in [-0.3, -0.25) is 0 Å². The number of halogens is 2. The highest BCUT2D eigenvalue weighted by Gasteiger charge is 2.19. The molecule has 1 aromatic carbocycles. The van der Waals surface area contributed by atoms with Crippen LogP contribution in [0.25, 0.3) is 0 Å². The Balaban J connectivity index is 2.19. The highest BCUT2D eigenvalue weighted by molar-refractivity contribution is 9.10. The minimum atomic E-state index is -0.270. The summed E-state index contributed by atoms with van der Waals surface area (Å²) in [5.74, 6) is 0.0984. The Morgan fingerprint density at radius 3 is 2.60 bits per heavy atom. The van der Waals surface area contributed by atoms with Gasteiger partial charge in [0, 0.05) is 0 Å². The zero-order chi connectivity index (χ0) is 10.8.